The second-order valence-corrected chi connectivity index (χ2v) is 17.6. The molecule has 1 aliphatic rings. The van der Waals surface area contributed by atoms with E-state index >= 15 is 0 Å². The number of thiophene rings is 2. The van der Waals surface area contributed by atoms with Gasteiger partial charge >= 0.3 is 0 Å². The second kappa shape index (κ2) is 13.9. The van der Waals surface area contributed by atoms with Crippen molar-refractivity contribution in [2.45, 2.75) is 19.3 Å². The minimum absolute atomic E-state index is 0.147. The fourth-order valence-corrected chi connectivity index (χ4v) is 10.7. The van der Waals surface area contributed by atoms with Gasteiger partial charge in [0.1, 0.15) is 0 Å². The first-order chi connectivity index (χ1) is 28.9. The Hall–Kier alpha value is -6.93. The van der Waals surface area contributed by atoms with Gasteiger partial charge in [0.2, 0.25) is 0 Å². The summed E-state index contributed by atoms with van der Waals surface area (Å²) >= 11 is 3.40. The van der Waals surface area contributed by atoms with E-state index in [1.165, 1.54) is 27.0 Å². The van der Waals surface area contributed by atoms with Gasteiger partial charge in [-0.25, -0.2) is 15.0 Å². The fourth-order valence-electron chi connectivity index (χ4n) is 8.50. The quantitative estimate of drug-likeness (QED) is 0.163. The summed E-state index contributed by atoms with van der Waals surface area (Å²) in [5.41, 5.74) is 11.0. The van der Waals surface area contributed by atoms with Crippen LogP contribution in [0.5, 0.6) is 0 Å². The van der Waals surface area contributed by atoms with E-state index in [1.807, 2.05) is 66.9 Å². The zero-order valence-electron chi connectivity index (χ0n) is 32.3. The largest absolute Gasteiger partial charge is 0.299 e. The van der Waals surface area contributed by atoms with Gasteiger partial charge in [0.15, 0.2) is 17.5 Å². The molecular weight excluding hydrogens is 759 g/mol. The first-order valence-electron chi connectivity index (χ1n) is 19.6. The molecule has 0 saturated heterocycles. The molecule has 0 unspecified atom stereocenters. The standard InChI is InChI=1S/C52H35N5S2/c1-52(2)40-21-11-9-18-35(40)36-26-25-34(29-41(36)52)46(53)48-47(37-19-10-12-22-42(37)59-48)54-30-31-24-27-43-39(28-31)45-38(20-13-23-44(45)58-43)51-56-49(32-14-5-3-6-15-32)55-50(57-51)33-16-7-4-8-17-33/h3-30,53H,1-2H3. The van der Waals surface area contributed by atoms with Crippen molar-refractivity contribution in [3.05, 3.63) is 191 Å². The maximum atomic E-state index is 9.62. The molecule has 11 rings (SSSR count). The molecule has 0 fully saturated rings. The molecule has 1 N–H and O–H groups in total. The van der Waals surface area contributed by atoms with Crippen LogP contribution in [0.25, 0.3) is 75.5 Å². The maximum Gasteiger partial charge on any atom is 0.164 e. The van der Waals surface area contributed by atoms with E-state index in [4.69, 9.17) is 19.9 Å². The molecule has 0 radical (unpaired) electrons. The number of rotatable bonds is 7. The molecule has 0 spiro atoms. The summed E-state index contributed by atoms with van der Waals surface area (Å²) in [6.45, 7) is 4.56. The Morgan fingerprint density at radius 2 is 1.17 bits per heavy atom. The molecule has 0 aliphatic heterocycles. The molecule has 280 valence electrons. The predicted octanol–water partition coefficient (Wildman–Crippen LogP) is 13.9. The van der Waals surface area contributed by atoms with Crippen molar-refractivity contribution in [1.82, 2.24) is 15.0 Å². The number of hydrogen-bond donors (Lipinski definition) is 1. The number of aromatic nitrogens is 3. The Bertz CT molecular complexity index is 3270. The lowest BCUT2D eigenvalue weighted by atomic mass is 9.81. The Kier molecular flexibility index (Phi) is 8.29. The van der Waals surface area contributed by atoms with Gasteiger partial charge in [0.25, 0.3) is 0 Å². The highest BCUT2D eigenvalue weighted by molar-refractivity contribution is 7.26. The van der Waals surface area contributed by atoms with Crippen LogP contribution < -0.4 is 0 Å². The highest BCUT2D eigenvalue weighted by Crippen LogP contribution is 2.49. The van der Waals surface area contributed by atoms with Crippen LogP contribution in [-0.2, 0) is 5.41 Å². The average Bonchev–Trinajstić information content (AvgIpc) is 3.93. The molecule has 3 aromatic heterocycles. The molecule has 59 heavy (non-hydrogen) atoms. The van der Waals surface area contributed by atoms with Crippen LogP contribution >= 0.6 is 22.7 Å². The third-order valence-electron chi connectivity index (χ3n) is 11.5. The van der Waals surface area contributed by atoms with Crippen LogP contribution in [0, 0.1) is 5.41 Å². The SMILES string of the molecule is CC1(C)c2ccccc2-c2ccc(C(=N)c3sc4ccccc4c3N=Cc3ccc4sc5cccc(-c6nc(-c7ccccc7)nc(-c7ccccc7)n6)c5c4c3)cc21. The molecule has 7 aromatic carbocycles. The van der Waals surface area contributed by atoms with Crippen molar-refractivity contribution in [3.63, 3.8) is 0 Å². The minimum Gasteiger partial charge on any atom is -0.299 e. The predicted molar refractivity (Wildman–Crippen MR) is 248 cm³/mol. The van der Waals surface area contributed by atoms with Crippen LogP contribution in [0.1, 0.15) is 41.0 Å². The van der Waals surface area contributed by atoms with Crippen molar-refractivity contribution >= 4 is 70.5 Å². The molecule has 0 bridgehead atoms. The van der Waals surface area contributed by atoms with Gasteiger partial charge in [-0.3, -0.25) is 10.4 Å². The zero-order chi connectivity index (χ0) is 39.7. The van der Waals surface area contributed by atoms with Crippen molar-refractivity contribution in [2.75, 3.05) is 0 Å². The highest BCUT2D eigenvalue weighted by Gasteiger charge is 2.35. The Labute approximate surface area is 349 Å². The third kappa shape index (κ3) is 5.92. The van der Waals surface area contributed by atoms with Gasteiger partial charge < -0.3 is 0 Å². The highest BCUT2D eigenvalue weighted by atomic mass is 32.1. The minimum atomic E-state index is -0.147. The molecule has 7 heteroatoms. The zero-order valence-corrected chi connectivity index (χ0v) is 33.9. The van der Waals surface area contributed by atoms with Gasteiger partial charge in [-0.15, -0.1) is 22.7 Å². The molecule has 0 amide bonds. The van der Waals surface area contributed by atoms with Crippen molar-refractivity contribution < 1.29 is 0 Å². The smallest absolute Gasteiger partial charge is 0.164 e. The van der Waals surface area contributed by atoms with E-state index in [0.717, 1.165) is 63.9 Å². The van der Waals surface area contributed by atoms with E-state index in [0.29, 0.717) is 23.2 Å². The first-order valence-corrected chi connectivity index (χ1v) is 21.3. The van der Waals surface area contributed by atoms with Crippen molar-refractivity contribution in [1.29, 1.82) is 5.41 Å². The van der Waals surface area contributed by atoms with Gasteiger partial charge in [-0.1, -0.05) is 147 Å². The lowest BCUT2D eigenvalue weighted by molar-refractivity contribution is 0.660. The lowest BCUT2D eigenvalue weighted by Crippen LogP contribution is -2.15. The van der Waals surface area contributed by atoms with Gasteiger partial charge in [0.05, 0.1) is 16.3 Å². The van der Waals surface area contributed by atoms with Gasteiger partial charge in [-0.2, -0.15) is 0 Å². The summed E-state index contributed by atoms with van der Waals surface area (Å²) < 4.78 is 3.45. The van der Waals surface area contributed by atoms with Crippen molar-refractivity contribution in [3.8, 4) is 45.3 Å². The summed E-state index contributed by atoms with van der Waals surface area (Å²) in [5.74, 6) is 1.91. The van der Waals surface area contributed by atoms with E-state index in [1.54, 1.807) is 22.7 Å². The summed E-state index contributed by atoms with van der Waals surface area (Å²) in [5, 5.41) is 12.9. The van der Waals surface area contributed by atoms with E-state index in [-0.39, 0.29) is 5.41 Å². The molecule has 0 saturated carbocycles. The topological polar surface area (TPSA) is 74.9 Å². The van der Waals surface area contributed by atoms with Crippen LogP contribution in [-0.4, -0.2) is 26.9 Å². The lowest BCUT2D eigenvalue weighted by Gasteiger charge is -2.22. The van der Waals surface area contributed by atoms with Crippen LogP contribution in [0.15, 0.2) is 169 Å². The Balaban J connectivity index is 1.01. The average molecular weight is 794 g/mol. The first kappa shape index (κ1) is 35.2. The van der Waals surface area contributed by atoms with Crippen LogP contribution in [0.2, 0.25) is 0 Å². The normalized spacial score (nSPS) is 13.1. The number of nitrogens with one attached hydrogen (secondary N) is 1. The van der Waals surface area contributed by atoms with Crippen molar-refractivity contribution in [2.24, 2.45) is 4.99 Å². The monoisotopic (exact) mass is 793 g/mol. The molecule has 0 atom stereocenters. The molecule has 10 aromatic rings. The van der Waals surface area contributed by atoms with Gasteiger partial charge in [0, 0.05) is 64.1 Å². The summed E-state index contributed by atoms with van der Waals surface area (Å²) in [6, 6.07) is 56.6. The molecular formula is C52H35N5S2. The van der Waals surface area contributed by atoms with E-state index in [2.05, 4.69) is 117 Å². The second-order valence-electron chi connectivity index (χ2n) is 15.4. The third-order valence-corrected chi connectivity index (χ3v) is 13.8. The Morgan fingerprint density at radius 1 is 0.542 bits per heavy atom. The number of benzene rings is 7. The van der Waals surface area contributed by atoms with E-state index < -0.39 is 0 Å². The molecule has 3 heterocycles. The summed E-state index contributed by atoms with van der Waals surface area (Å²) in [6.07, 6.45) is 1.95. The van der Waals surface area contributed by atoms with Crippen LogP contribution in [0.3, 0.4) is 0 Å². The number of aliphatic imine (C=N–C) groups is 1. The maximum absolute atomic E-state index is 9.62. The van der Waals surface area contributed by atoms with Crippen LogP contribution in [0.4, 0.5) is 5.69 Å². The molecule has 1 aliphatic carbocycles. The Morgan fingerprint density at radius 3 is 1.95 bits per heavy atom. The number of fused-ring (bicyclic) bond motifs is 7. The fraction of sp³-hybridized carbons (Fsp3) is 0.0577. The molecule has 5 nitrogen and oxygen atoms in total. The van der Waals surface area contributed by atoms with Gasteiger partial charge in [-0.05, 0) is 58.1 Å². The summed E-state index contributed by atoms with van der Waals surface area (Å²) in [4.78, 5) is 21.2. The summed E-state index contributed by atoms with van der Waals surface area (Å²) in [7, 11) is 0. The van der Waals surface area contributed by atoms with E-state index in [9.17, 15) is 5.41 Å². The number of nitrogens with zero attached hydrogens (tertiary/aromatic N) is 4. The number of hydrogen-bond acceptors (Lipinski definition) is 7.